The summed E-state index contributed by atoms with van der Waals surface area (Å²) in [7, 11) is 0. The Morgan fingerprint density at radius 2 is 2.00 bits per heavy atom. The molecule has 0 radical (unpaired) electrons. The molecule has 1 aromatic heterocycles. The zero-order valence-corrected chi connectivity index (χ0v) is 12.9. The van der Waals surface area contributed by atoms with Crippen molar-refractivity contribution in [2.75, 3.05) is 19.6 Å². The van der Waals surface area contributed by atoms with Gasteiger partial charge >= 0.3 is 0 Å². The lowest BCUT2D eigenvalue weighted by Crippen LogP contribution is -2.45. The number of halogens is 2. The van der Waals surface area contributed by atoms with Gasteiger partial charge < -0.3 is 14.6 Å². The lowest BCUT2D eigenvalue weighted by molar-refractivity contribution is 0.0673. The normalized spacial score (nSPS) is 19.8. The molecule has 0 aromatic carbocycles. The number of furan rings is 1. The molecule has 6 heteroatoms. The van der Waals surface area contributed by atoms with Crippen LogP contribution in [0.2, 0.25) is 5.22 Å². The first kappa shape index (κ1) is 15.7. The molecule has 2 aliphatic rings. The van der Waals surface area contributed by atoms with Crippen LogP contribution in [0.3, 0.4) is 0 Å². The number of rotatable bonds is 4. The molecule has 1 N–H and O–H groups in total. The summed E-state index contributed by atoms with van der Waals surface area (Å²) in [6.07, 6.45) is 4.80. The van der Waals surface area contributed by atoms with Crippen LogP contribution in [0.4, 0.5) is 0 Å². The first-order valence-corrected chi connectivity index (χ1v) is 7.38. The van der Waals surface area contributed by atoms with E-state index in [2.05, 4.69) is 5.32 Å². The van der Waals surface area contributed by atoms with Gasteiger partial charge in [0.2, 0.25) is 0 Å². The standard InChI is InChI=1S/C14H19ClN2O2.ClH/c15-13-4-3-12(19-13)14(18)17-7-5-11(6-8-17)16-9-10-1-2-10;/h3-4,10-11,16H,1-2,5-9H2;1H. The molecule has 1 saturated heterocycles. The van der Waals surface area contributed by atoms with Crippen molar-refractivity contribution in [1.82, 2.24) is 10.2 Å². The van der Waals surface area contributed by atoms with Crippen molar-refractivity contribution < 1.29 is 9.21 Å². The van der Waals surface area contributed by atoms with Gasteiger partial charge in [0.25, 0.3) is 5.91 Å². The van der Waals surface area contributed by atoms with E-state index in [4.69, 9.17) is 16.0 Å². The third-order valence-corrected chi connectivity index (χ3v) is 4.16. The number of nitrogens with one attached hydrogen (secondary N) is 1. The summed E-state index contributed by atoms with van der Waals surface area (Å²) in [5.41, 5.74) is 0. The summed E-state index contributed by atoms with van der Waals surface area (Å²) < 4.78 is 5.17. The summed E-state index contributed by atoms with van der Waals surface area (Å²) in [4.78, 5) is 14.0. The van der Waals surface area contributed by atoms with E-state index in [1.54, 1.807) is 12.1 Å². The van der Waals surface area contributed by atoms with Crippen LogP contribution < -0.4 is 5.32 Å². The molecule has 20 heavy (non-hydrogen) atoms. The third-order valence-electron chi connectivity index (χ3n) is 3.96. The number of piperidine rings is 1. The highest BCUT2D eigenvalue weighted by Crippen LogP contribution is 2.28. The Morgan fingerprint density at radius 3 is 2.55 bits per heavy atom. The first-order valence-electron chi connectivity index (χ1n) is 7.00. The molecule has 1 aromatic rings. The van der Waals surface area contributed by atoms with Crippen molar-refractivity contribution in [2.45, 2.75) is 31.7 Å². The van der Waals surface area contributed by atoms with Crippen molar-refractivity contribution in [3.05, 3.63) is 23.1 Å². The van der Waals surface area contributed by atoms with Gasteiger partial charge in [0, 0.05) is 19.1 Å². The number of likely N-dealkylation sites (tertiary alicyclic amines) is 1. The molecule has 2 heterocycles. The Bertz CT molecular complexity index is 452. The summed E-state index contributed by atoms with van der Waals surface area (Å²) in [5, 5.41) is 3.87. The Hall–Kier alpha value is -0.710. The Morgan fingerprint density at radius 1 is 1.30 bits per heavy atom. The first-order chi connectivity index (χ1) is 9.22. The van der Waals surface area contributed by atoms with Crippen LogP contribution in [-0.4, -0.2) is 36.5 Å². The number of nitrogens with zero attached hydrogens (tertiary/aromatic N) is 1. The number of hydrogen-bond donors (Lipinski definition) is 1. The molecule has 0 unspecified atom stereocenters. The molecule has 1 aliphatic heterocycles. The van der Waals surface area contributed by atoms with Crippen molar-refractivity contribution in [3.8, 4) is 0 Å². The topological polar surface area (TPSA) is 45.5 Å². The highest BCUT2D eigenvalue weighted by molar-refractivity contribution is 6.29. The number of carbonyl (C=O) groups is 1. The van der Waals surface area contributed by atoms with Crippen molar-refractivity contribution in [2.24, 2.45) is 5.92 Å². The molecule has 1 amide bonds. The van der Waals surface area contributed by atoms with Gasteiger partial charge in [-0.2, -0.15) is 0 Å². The predicted octanol–water partition coefficient (Wildman–Crippen LogP) is 2.96. The van der Waals surface area contributed by atoms with Crippen LogP contribution >= 0.6 is 24.0 Å². The molecule has 0 atom stereocenters. The molecule has 3 rings (SSSR count). The SMILES string of the molecule is Cl.O=C(c1ccc(Cl)o1)N1CCC(NCC2CC2)CC1. The molecule has 1 aliphatic carbocycles. The molecule has 2 fully saturated rings. The van der Waals surface area contributed by atoms with Gasteiger partial charge in [0.15, 0.2) is 11.0 Å². The predicted molar refractivity (Wildman–Crippen MR) is 80.6 cm³/mol. The van der Waals surface area contributed by atoms with Gasteiger partial charge in [-0.1, -0.05) is 0 Å². The van der Waals surface area contributed by atoms with Crippen molar-refractivity contribution in [3.63, 3.8) is 0 Å². The van der Waals surface area contributed by atoms with Crippen LogP contribution in [0, 0.1) is 5.92 Å². The summed E-state index contributed by atoms with van der Waals surface area (Å²) in [5.74, 6) is 1.20. The van der Waals surface area contributed by atoms with Crippen LogP contribution in [0.1, 0.15) is 36.2 Å². The van der Waals surface area contributed by atoms with E-state index >= 15 is 0 Å². The Kier molecular flexibility index (Phi) is 5.35. The number of carbonyl (C=O) groups excluding carboxylic acids is 1. The van der Waals surface area contributed by atoms with Crippen LogP contribution in [-0.2, 0) is 0 Å². The lowest BCUT2D eigenvalue weighted by Gasteiger charge is -2.32. The molecule has 1 saturated carbocycles. The minimum atomic E-state index is -0.0486. The number of amides is 1. The van der Waals surface area contributed by atoms with Gasteiger partial charge in [-0.05, 0) is 61.9 Å². The average molecular weight is 319 g/mol. The molecule has 0 bridgehead atoms. The number of hydrogen-bond acceptors (Lipinski definition) is 3. The molecular weight excluding hydrogens is 299 g/mol. The van der Waals surface area contributed by atoms with Crippen LogP contribution in [0.25, 0.3) is 0 Å². The van der Waals surface area contributed by atoms with E-state index in [0.29, 0.717) is 11.8 Å². The second-order valence-electron chi connectivity index (χ2n) is 5.52. The fraction of sp³-hybridized carbons (Fsp3) is 0.643. The molecule has 0 spiro atoms. The third kappa shape index (κ3) is 3.90. The fourth-order valence-electron chi connectivity index (χ4n) is 2.53. The maximum atomic E-state index is 12.1. The van der Waals surface area contributed by atoms with Crippen LogP contribution in [0.15, 0.2) is 16.5 Å². The second-order valence-corrected chi connectivity index (χ2v) is 5.89. The quantitative estimate of drug-likeness (QED) is 0.928. The van der Waals surface area contributed by atoms with E-state index in [1.807, 2.05) is 4.90 Å². The van der Waals surface area contributed by atoms with Gasteiger partial charge in [0.05, 0.1) is 0 Å². The van der Waals surface area contributed by atoms with Crippen molar-refractivity contribution >= 4 is 29.9 Å². The van der Waals surface area contributed by atoms with Crippen molar-refractivity contribution in [1.29, 1.82) is 0 Å². The average Bonchev–Trinajstić information content (AvgIpc) is 3.17. The van der Waals surface area contributed by atoms with E-state index in [1.165, 1.54) is 12.8 Å². The van der Waals surface area contributed by atoms with Crippen LogP contribution in [0.5, 0.6) is 0 Å². The lowest BCUT2D eigenvalue weighted by atomic mass is 10.0. The van der Waals surface area contributed by atoms with E-state index < -0.39 is 0 Å². The largest absolute Gasteiger partial charge is 0.440 e. The van der Waals surface area contributed by atoms with Gasteiger partial charge in [-0.15, -0.1) is 12.4 Å². The zero-order chi connectivity index (χ0) is 13.2. The van der Waals surface area contributed by atoms with E-state index in [9.17, 15) is 4.79 Å². The van der Waals surface area contributed by atoms with E-state index in [0.717, 1.165) is 38.4 Å². The summed E-state index contributed by atoms with van der Waals surface area (Å²) in [6, 6.07) is 3.81. The fourth-order valence-corrected chi connectivity index (χ4v) is 2.67. The van der Waals surface area contributed by atoms with E-state index in [-0.39, 0.29) is 23.5 Å². The molecule has 4 nitrogen and oxygen atoms in total. The summed E-state index contributed by atoms with van der Waals surface area (Å²) >= 11 is 5.70. The Balaban J connectivity index is 0.00000147. The smallest absolute Gasteiger partial charge is 0.289 e. The maximum Gasteiger partial charge on any atom is 0.289 e. The highest BCUT2D eigenvalue weighted by atomic mass is 35.5. The van der Waals surface area contributed by atoms with Gasteiger partial charge in [-0.3, -0.25) is 4.79 Å². The summed E-state index contributed by atoms with van der Waals surface area (Å²) in [6.45, 7) is 2.73. The highest BCUT2D eigenvalue weighted by Gasteiger charge is 2.27. The second kappa shape index (κ2) is 6.83. The molecule has 112 valence electrons. The molecular formula is C14H20Cl2N2O2. The van der Waals surface area contributed by atoms with Gasteiger partial charge in [0.1, 0.15) is 0 Å². The minimum absolute atomic E-state index is 0. The minimum Gasteiger partial charge on any atom is -0.440 e. The van der Waals surface area contributed by atoms with Gasteiger partial charge in [-0.25, -0.2) is 0 Å². The Labute approximate surface area is 130 Å². The monoisotopic (exact) mass is 318 g/mol. The zero-order valence-electron chi connectivity index (χ0n) is 11.3. The maximum absolute atomic E-state index is 12.1.